The minimum Gasteiger partial charge on any atom is -0.465 e. The molecule has 2 aromatic rings. The molecule has 0 bridgehead atoms. The highest BCUT2D eigenvalue weighted by Crippen LogP contribution is 2.18. The van der Waals surface area contributed by atoms with Crippen LogP contribution < -0.4 is 0 Å². The first-order valence-electron chi connectivity index (χ1n) is 5.29. The fraction of sp³-hybridized carbons (Fsp3) is 0.133. The molecule has 0 aliphatic rings. The van der Waals surface area contributed by atoms with Crippen molar-refractivity contribution in [3.05, 3.63) is 47.5 Å². The lowest BCUT2D eigenvalue weighted by atomic mass is 10.0. The predicted octanol–water partition coefficient (Wildman–Crippen LogP) is 3.00. The molecular formula is C15H12O2. The van der Waals surface area contributed by atoms with Gasteiger partial charge in [0.05, 0.1) is 12.7 Å². The summed E-state index contributed by atoms with van der Waals surface area (Å²) in [5.74, 6) is 5.55. The van der Waals surface area contributed by atoms with E-state index in [2.05, 4.69) is 16.6 Å². The van der Waals surface area contributed by atoms with E-state index in [9.17, 15) is 4.79 Å². The van der Waals surface area contributed by atoms with Crippen LogP contribution in [0.2, 0.25) is 0 Å². The van der Waals surface area contributed by atoms with Gasteiger partial charge in [-0.2, -0.15) is 0 Å². The SMILES string of the molecule is CC#Cc1ccc2cc(C(=O)OC)ccc2c1. The standard InChI is InChI=1S/C15H12O2/c1-3-4-11-5-6-13-10-14(15(16)17-2)8-7-12(13)9-11/h5-10H,1-2H3. The molecule has 2 heteroatoms. The van der Waals surface area contributed by atoms with Crippen molar-refractivity contribution in [2.24, 2.45) is 0 Å². The molecule has 0 aromatic heterocycles. The number of benzene rings is 2. The molecule has 2 nitrogen and oxygen atoms in total. The number of ether oxygens (including phenoxy) is 1. The van der Waals surface area contributed by atoms with Crippen molar-refractivity contribution < 1.29 is 9.53 Å². The zero-order valence-corrected chi connectivity index (χ0v) is 9.78. The summed E-state index contributed by atoms with van der Waals surface area (Å²) in [5, 5.41) is 2.08. The van der Waals surface area contributed by atoms with Crippen LogP contribution in [0.25, 0.3) is 10.8 Å². The zero-order valence-electron chi connectivity index (χ0n) is 9.78. The molecule has 0 saturated carbocycles. The number of carbonyl (C=O) groups is 1. The van der Waals surface area contributed by atoms with Crippen molar-refractivity contribution in [3.63, 3.8) is 0 Å². The van der Waals surface area contributed by atoms with Gasteiger partial charge in [-0.3, -0.25) is 0 Å². The average molecular weight is 224 g/mol. The summed E-state index contributed by atoms with van der Waals surface area (Å²) in [7, 11) is 1.38. The van der Waals surface area contributed by atoms with E-state index in [1.165, 1.54) is 7.11 Å². The van der Waals surface area contributed by atoms with Gasteiger partial charge in [-0.25, -0.2) is 4.79 Å². The van der Waals surface area contributed by atoms with E-state index in [-0.39, 0.29) is 5.97 Å². The van der Waals surface area contributed by atoms with Crippen LogP contribution in [0.5, 0.6) is 0 Å². The van der Waals surface area contributed by atoms with Gasteiger partial charge < -0.3 is 4.74 Å². The van der Waals surface area contributed by atoms with Gasteiger partial charge in [0.15, 0.2) is 0 Å². The van der Waals surface area contributed by atoms with Crippen LogP contribution in [0, 0.1) is 11.8 Å². The third-order valence-corrected chi connectivity index (χ3v) is 2.53. The highest BCUT2D eigenvalue weighted by molar-refractivity contribution is 5.95. The van der Waals surface area contributed by atoms with Crippen molar-refractivity contribution in [1.29, 1.82) is 0 Å². The zero-order chi connectivity index (χ0) is 12.3. The lowest BCUT2D eigenvalue weighted by Gasteiger charge is -2.02. The maximum atomic E-state index is 11.4. The largest absolute Gasteiger partial charge is 0.465 e. The van der Waals surface area contributed by atoms with Crippen LogP contribution in [-0.2, 0) is 4.74 Å². The van der Waals surface area contributed by atoms with Gasteiger partial charge in [-0.15, -0.1) is 5.92 Å². The van der Waals surface area contributed by atoms with Crippen molar-refractivity contribution in [1.82, 2.24) is 0 Å². The second-order valence-electron chi connectivity index (χ2n) is 3.64. The summed E-state index contributed by atoms with van der Waals surface area (Å²) in [6.07, 6.45) is 0. The topological polar surface area (TPSA) is 26.3 Å². The quantitative estimate of drug-likeness (QED) is 0.550. The molecule has 2 aromatic carbocycles. The number of hydrogen-bond acceptors (Lipinski definition) is 2. The van der Waals surface area contributed by atoms with E-state index >= 15 is 0 Å². The fourth-order valence-electron chi connectivity index (χ4n) is 1.71. The first-order chi connectivity index (χ1) is 8.24. The van der Waals surface area contributed by atoms with E-state index in [0.717, 1.165) is 16.3 Å². The summed E-state index contributed by atoms with van der Waals surface area (Å²) in [6.45, 7) is 1.81. The van der Waals surface area contributed by atoms with E-state index in [4.69, 9.17) is 0 Å². The maximum absolute atomic E-state index is 11.4. The Kier molecular flexibility index (Phi) is 3.11. The van der Waals surface area contributed by atoms with Gasteiger partial charge in [-0.05, 0) is 42.0 Å². The van der Waals surface area contributed by atoms with Gasteiger partial charge in [0.1, 0.15) is 0 Å². The number of carbonyl (C=O) groups excluding carboxylic acids is 1. The first-order valence-corrected chi connectivity index (χ1v) is 5.29. The second-order valence-corrected chi connectivity index (χ2v) is 3.64. The molecule has 0 spiro atoms. The van der Waals surface area contributed by atoms with Gasteiger partial charge in [0.25, 0.3) is 0 Å². The highest BCUT2D eigenvalue weighted by atomic mass is 16.5. The monoisotopic (exact) mass is 224 g/mol. The number of methoxy groups -OCH3 is 1. The molecule has 0 saturated heterocycles. The Bertz CT molecular complexity index is 630. The van der Waals surface area contributed by atoms with Crippen molar-refractivity contribution in [2.75, 3.05) is 7.11 Å². The second kappa shape index (κ2) is 4.71. The van der Waals surface area contributed by atoms with Crippen LogP contribution in [0.1, 0.15) is 22.8 Å². The molecule has 0 atom stereocenters. The molecule has 0 aliphatic heterocycles. The molecule has 0 unspecified atom stereocenters. The van der Waals surface area contributed by atoms with E-state index in [1.54, 1.807) is 6.07 Å². The maximum Gasteiger partial charge on any atom is 0.337 e. The minimum atomic E-state index is -0.315. The third-order valence-electron chi connectivity index (χ3n) is 2.53. The summed E-state index contributed by atoms with van der Waals surface area (Å²) < 4.78 is 4.69. The summed E-state index contributed by atoms with van der Waals surface area (Å²) in [4.78, 5) is 11.4. The Morgan fingerprint density at radius 1 is 1.12 bits per heavy atom. The Morgan fingerprint density at radius 2 is 1.82 bits per heavy atom. The first kappa shape index (κ1) is 11.2. The van der Waals surface area contributed by atoms with Crippen LogP contribution >= 0.6 is 0 Å². The lowest BCUT2D eigenvalue weighted by molar-refractivity contribution is 0.0601. The Hall–Kier alpha value is -2.27. The van der Waals surface area contributed by atoms with Crippen LogP contribution in [0.15, 0.2) is 36.4 Å². The molecular weight excluding hydrogens is 212 g/mol. The number of fused-ring (bicyclic) bond motifs is 1. The smallest absolute Gasteiger partial charge is 0.337 e. The van der Waals surface area contributed by atoms with Gasteiger partial charge in [0, 0.05) is 5.56 Å². The normalized spacial score (nSPS) is 9.53. The van der Waals surface area contributed by atoms with Crippen molar-refractivity contribution in [3.8, 4) is 11.8 Å². The Labute approximate surface area is 100 Å². The van der Waals surface area contributed by atoms with Crippen LogP contribution in [0.3, 0.4) is 0 Å². The average Bonchev–Trinajstić information content (AvgIpc) is 2.37. The highest BCUT2D eigenvalue weighted by Gasteiger charge is 2.05. The number of rotatable bonds is 1. The Balaban J connectivity index is 2.52. The van der Waals surface area contributed by atoms with E-state index in [0.29, 0.717) is 5.56 Å². The van der Waals surface area contributed by atoms with E-state index in [1.807, 2.05) is 37.3 Å². The van der Waals surface area contributed by atoms with Crippen molar-refractivity contribution >= 4 is 16.7 Å². The third kappa shape index (κ3) is 2.29. The van der Waals surface area contributed by atoms with Crippen molar-refractivity contribution in [2.45, 2.75) is 6.92 Å². The molecule has 2 rings (SSSR count). The van der Waals surface area contributed by atoms with Gasteiger partial charge in [0.2, 0.25) is 0 Å². The molecule has 84 valence electrons. The molecule has 0 N–H and O–H groups in total. The fourth-order valence-corrected chi connectivity index (χ4v) is 1.71. The molecule has 0 aliphatic carbocycles. The lowest BCUT2D eigenvalue weighted by Crippen LogP contribution is -2.00. The van der Waals surface area contributed by atoms with E-state index < -0.39 is 0 Å². The molecule has 0 amide bonds. The minimum absolute atomic E-state index is 0.315. The summed E-state index contributed by atoms with van der Waals surface area (Å²) >= 11 is 0. The number of hydrogen-bond donors (Lipinski definition) is 0. The Morgan fingerprint density at radius 3 is 2.53 bits per heavy atom. The molecule has 0 heterocycles. The predicted molar refractivity (Wildman–Crippen MR) is 67.8 cm³/mol. The summed E-state index contributed by atoms with van der Waals surface area (Å²) in [6, 6.07) is 11.4. The summed E-state index contributed by atoms with van der Waals surface area (Å²) in [5.41, 5.74) is 1.54. The van der Waals surface area contributed by atoms with Gasteiger partial charge in [-0.1, -0.05) is 18.1 Å². The van der Waals surface area contributed by atoms with Gasteiger partial charge >= 0.3 is 5.97 Å². The van der Waals surface area contributed by atoms with Crippen LogP contribution in [-0.4, -0.2) is 13.1 Å². The molecule has 17 heavy (non-hydrogen) atoms. The molecule has 0 radical (unpaired) electrons. The number of esters is 1. The van der Waals surface area contributed by atoms with Crippen LogP contribution in [0.4, 0.5) is 0 Å². The molecule has 0 fully saturated rings.